The molecule has 0 amide bonds. The van der Waals surface area contributed by atoms with Crippen LogP contribution in [0.25, 0.3) is 0 Å². The number of nitrogens with one attached hydrogen (secondary N) is 1. The molecule has 0 aromatic heterocycles. The molecule has 26 heavy (non-hydrogen) atoms. The maximum Gasteiger partial charge on any atom is 0.0732 e. The summed E-state index contributed by atoms with van der Waals surface area (Å²) in [6.45, 7) is 15.0. The van der Waals surface area contributed by atoms with Crippen LogP contribution in [0.2, 0.25) is 0 Å². The molecule has 1 rings (SSSR count). The van der Waals surface area contributed by atoms with E-state index in [0.717, 1.165) is 38.8 Å². The summed E-state index contributed by atoms with van der Waals surface area (Å²) in [5.41, 5.74) is 6.43. The highest BCUT2D eigenvalue weighted by molar-refractivity contribution is 4.96. The van der Waals surface area contributed by atoms with E-state index < -0.39 is 0 Å². The number of rotatable bonds is 10. The third kappa shape index (κ3) is 10.1. The van der Waals surface area contributed by atoms with Crippen molar-refractivity contribution in [3.05, 3.63) is 12.2 Å². The van der Waals surface area contributed by atoms with Gasteiger partial charge in [-0.1, -0.05) is 46.8 Å². The van der Waals surface area contributed by atoms with Crippen LogP contribution in [0, 0.1) is 17.3 Å². The van der Waals surface area contributed by atoms with Crippen molar-refractivity contribution in [1.82, 2.24) is 5.32 Å². The predicted octanol–water partition coefficient (Wildman–Crippen LogP) is 3.88. The Morgan fingerprint density at radius 3 is 2.54 bits per heavy atom. The van der Waals surface area contributed by atoms with Crippen molar-refractivity contribution in [2.75, 3.05) is 13.1 Å². The van der Waals surface area contributed by atoms with Gasteiger partial charge in [-0.2, -0.15) is 0 Å². The Kier molecular flexibility index (Phi) is 10.4. The first kappa shape index (κ1) is 23.6. The van der Waals surface area contributed by atoms with Gasteiger partial charge >= 0.3 is 0 Å². The third-order valence-electron chi connectivity index (χ3n) is 5.24. The second-order valence-electron chi connectivity index (χ2n) is 9.50. The molecular weight excluding hydrogens is 324 g/mol. The summed E-state index contributed by atoms with van der Waals surface area (Å²) in [7, 11) is 0. The maximum atomic E-state index is 10.2. The fourth-order valence-electron chi connectivity index (χ4n) is 3.83. The van der Waals surface area contributed by atoms with Crippen LogP contribution < -0.4 is 11.1 Å². The molecule has 1 saturated carbocycles. The van der Waals surface area contributed by atoms with Gasteiger partial charge in [-0.15, -0.1) is 0 Å². The van der Waals surface area contributed by atoms with Crippen molar-refractivity contribution in [1.29, 1.82) is 0 Å². The molecule has 0 aromatic rings. The Morgan fingerprint density at radius 2 is 1.92 bits per heavy atom. The van der Waals surface area contributed by atoms with Crippen LogP contribution in [0.5, 0.6) is 0 Å². The predicted molar refractivity (Wildman–Crippen MR) is 111 cm³/mol. The highest BCUT2D eigenvalue weighted by Gasteiger charge is 2.30. The quantitative estimate of drug-likeness (QED) is 0.512. The molecule has 1 aliphatic carbocycles. The minimum atomic E-state index is -0.377. The van der Waals surface area contributed by atoms with Gasteiger partial charge in [0.25, 0.3) is 0 Å². The third-order valence-corrected chi connectivity index (χ3v) is 5.24. The van der Waals surface area contributed by atoms with Gasteiger partial charge in [0.2, 0.25) is 0 Å². The molecule has 154 valence electrons. The first-order chi connectivity index (χ1) is 12.1. The Hall–Kier alpha value is -0.420. The number of hydrogen-bond acceptors (Lipinski definition) is 4. The fraction of sp³-hybridized carbons (Fsp3) is 0.909. The van der Waals surface area contributed by atoms with Crippen LogP contribution in [0.4, 0.5) is 0 Å². The summed E-state index contributed by atoms with van der Waals surface area (Å²) in [5.74, 6) is 1.09. The molecule has 0 spiro atoms. The summed E-state index contributed by atoms with van der Waals surface area (Å²) < 4.78 is 6.33. The smallest absolute Gasteiger partial charge is 0.0732 e. The van der Waals surface area contributed by atoms with Crippen molar-refractivity contribution < 1.29 is 9.84 Å². The summed E-state index contributed by atoms with van der Waals surface area (Å²) in [6, 6.07) is 0.158. The second-order valence-corrected chi connectivity index (χ2v) is 9.50. The van der Waals surface area contributed by atoms with Crippen molar-refractivity contribution in [3.63, 3.8) is 0 Å². The van der Waals surface area contributed by atoms with Gasteiger partial charge in [0, 0.05) is 6.04 Å². The summed E-state index contributed by atoms with van der Waals surface area (Å²) in [4.78, 5) is 0. The van der Waals surface area contributed by atoms with Gasteiger partial charge in [0.05, 0.1) is 18.3 Å². The lowest BCUT2D eigenvalue weighted by atomic mass is 9.84. The van der Waals surface area contributed by atoms with Gasteiger partial charge in [-0.25, -0.2) is 0 Å². The standard InChI is InChI=1S/C22H44N2O2/c1-7-24-15-18-8-9-20(23)21(14-18)26-17(3)12-16(2)13-19(25)10-11-22(4,5)6/h10-11,16-21,24-25H,7-9,12-15,23H2,1-6H3/b11-10+. The molecule has 0 aromatic carbocycles. The van der Waals surface area contributed by atoms with E-state index >= 15 is 0 Å². The van der Waals surface area contributed by atoms with Gasteiger partial charge in [0.1, 0.15) is 0 Å². The average molecular weight is 369 g/mol. The molecule has 1 aliphatic rings. The lowest BCUT2D eigenvalue weighted by Gasteiger charge is -2.36. The zero-order valence-electron chi connectivity index (χ0n) is 18.0. The molecule has 0 bridgehead atoms. The summed E-state index contributed by atoms with van der Waals surface area (Å²) in [5, 5.41) is 13.7. The lowest BCUT2D eigenvalue weighted by Crippen LogP contribution is -2.45. The monoisotopic (exact) mass is 368 g/mol. The molecule has 0 saturated heterocycles. The van der Waals surface area contributed by atoms with Crippen LogP contribution >= 0.6 is 0 Å². The Balaban J connectivity index is 2.39. The van der Waals surface area contributed by atoms with Crippen LogP contribution in [-0.2, 0) is 4.74 Å². The maximum absolute atomic E-state index is 10.2. The molecule has 6 unspecified atom stereocenters. The Morgan fingerprint density at radius 1 is 1.23 bits per heavy atom. The number of aliphatic hydroxyl groups excluding tert-OH is 1. The molecule has 0 radical (unpaired) electrons. The van der Waals surface area contributed by atoms with Crippen molar-refractivity contribution in [3.8, 4) is 0 Å². The van der Waals surface area contributed by atoms with Gasteiger partial charge in [0.15, 0.2) is 0 Å². The van der Waals surface area contributed by atoms with E-state index in [1.165, 1.54) is 6.42 Å². The first-order valence-corrected chi connectivity index (χ1v) is 10.6. The number of aliphatic hydroxyl groups is 1. The van der Waals surface area contributed by atoms with Gasteiger partial charge < -0.3 is 20.9 Å². The number of nitrogens with two attached hydrogens (primary N) is 1. The van der Waals surface area contributed by atoms with Crippen molar-refractivity contribution >= 4 is 0 Å². The van der Waals surface area contributed by atoms with E-state index in [9.17, 15) is 5.11 Å². The molecule has 0 heterocycles. The SMILES string of the molecule is CCNCC1CCC(N)C(OC(C)CC(C)CC(O)/C=C/C(C)(C)C)C1. The van der Waals surface area contributed by atoms with Gasteiger partial charge in [-0.05, 0) is 69.4 Å². The molecule has 6 atom stereocenters. The second kappa shape index (κ2) is 11.4. The zero-order valence-corrected chi connectivity index (χ0v) is 18.0. The number of hydrogen-bond donors (Lipinski definition) is 3. The summed E-state index contributed by atoms with van der Waals surface area (Å²) in [6.07, 6.45) is 9.05. The number of allylic oxidation sites excluding steroid dienone is 1. The van der Waals surface area contributed by atoms with Crippen LogP contribution in [-0.4, -0.2) is 42.5 Å². The minimum absolute atomic E-state index is 0.112. The van der Waals surface area contributed by atoms with Crippen molar-refractivity contribution in [2.45, 2.75) is 98.0 Å². The van der Waals surface area contributed by atoms with E-state index in [4.69, 9.17) is 10.5 Å². The molecule has 1 fully saturated rings. The van der Waals surface area contributed by atoms with E-state index in [0.29, 0.717) is 11.8 Å². The normalized spacial score (nSPS) is 28.2. The van der Waals surface area contributed by atoms with E-state index in [1.54, 1.807) is 0 Å². The zero-order chi connectivity index (χ0) is 19.7. The highest BCUT2D eigenvalue weighted by Crippen LogP contribution is 2.28. The van der Waals surface area contributed by atoms with E-state index in [-0.39, 0.29) is 29.8 Å². The minimum Gasteiger partial charge on any atom is -0.389 e. The highest BCUT2D eigenvalue weighted by atomic mass is 16.5. The van der Waals surface area contributed by atoms with E-state index in [2.05, 4.69) is 52.9 Å². The molecular formula is C22H44N2O2. The lowest BCUT2D eigenvalue weighted by molar-refractivity contribution is -0.0514. The molecule has 0 aliphatic heterocycles. The van der Waals surface area contributed by atoms with Crippen molar-refractivity contribution in [2.24, 2.45) is 23.0 Å². The van der Waals surface area contributed by atoms with Crippen LogP contribution in [0.15, 0.2) is 12.2 Å². The first-order valence-electron chi connectivity index (χ1n) is 10.6. The molecule has 4 nitrogen and oxygen atoms in total. The average Bonchev–Trinajstić information content (AvgIpc) is 2.52. The van der Waals surface area contributed by atoms with E-state index in [1.807, 2.05) is 6.08 Å². The van der Waals surface area contributed by atoms with Crippen LogP contribution in [0.3, 0.4) is 0 Å². The topological polar surface area (TPSA) is 67.5 Å². The largest absolute Gasteiger partial charge is 0.389 e. The fourth-order valence-corrected chi connectivity index (χ4v) is 3.83. The number of ether oxygens (including phenoxy) is 1. The van der Waals surface area contributed by atoms with Gasteiger partial charge in [-0.3, -0.25) is 0 Å². The Labute approximate surface area is 162 Å². The van der Waals surface area contributed by atoms with Crippen LogP contribution in [0.1, 0.15) is 73.6 Å². The molecule has 4 N–H and O–H groups in total. The summed E-state index contributed by atoms with van der Waals surface area (Å²) >= 11 is 0. The Bertz CT molecular complexity index is 403. The molecule has 4 heteroatoms.